The van der Waals surface area contributed by atoms with Crippen LogP contribution in [0.2, 0.25) is 0 Å². The molecular weight excluding hydrogens is 220 g/mol. The highest BCUT2D eigenvalue weighted by molar-refractivity contribution is 5.30. The second kappa shape index (κ2) is 8.28. The average molecular weight is 248 g/mol. The number of aryl methyl sites for hydroxylation is 2. The quantitative estimate of drug-likeness (QED) is 0.412. The lowest BCUT2D eigenvalue weighted by Crippen LogP contribution is -2.28. The fourth-order valence-electron chi connectivity index (χ4n) is 2.51. The van der Waals surface area contributed by atoms with E-state index in [2.05, 4.69) is 44.4 Å². The number of rotatable bonds is 8. The molecule has 0 aliphatic rings. The van der Waals surface area contributed by atoms with E-state index in [1.165, 1.54) is 48.8 Å². The molecule has 1 aromatic rings. The van der Waals surface area contributed by atoms with Gasteiger partial charge in [0.2, 0.25) is 0 Å². The zero-order valence-electron chi connectivity index (χ0n) is 12.1. The van der Waals surface area contributed by atoms with E-state index in [4.69, 9.17) is 5.84 Å². The molecule has 0 spiro atoms. The van der Waals surface area contributed by atoms with Gasteiger partial charge in [-0.2, -0.15) is 0 Å². The molecule has 1 aromatic carbocycles. The van der Waals surface area contributed by atoms with E-state index >= 15 is 0 Å². The molecule has 2 heteroatoms. The largest absolute Gasteiger partial charge is 0.271 e. The van der Waals surface area contributed by atoms with Gasteiger partial charge in [0.15, 0.2) is 0 Å². The standard InChI is InChI=1S/C16H28N2/c1-4-5-6-7-8-9-16(18-17)15-11-13(2)10-14(3)12-15/h10-12,16,18H,4-9,17H2,1-3H3. The van der Waals surface area contributed by atoms with Crippen LogP contribution in [0, 0.1) is 13.8 Å². The summed E-state index contributed by atoms with van der Waals surface area (Å²) in [6.45, 7) is 6.54. The smallest absolute Gasteiger partial charge is 0.0460 e. The summed E-state index contributed by atoms with van der Waals surface area (Å²) in [6, 6.07) is 6.98. The van der Waals surface area contributed by atoms with Crippen molar-refractivity contribution in [2.24, 2.45) is 5.84 Å². The van der Waals surface area contributed by atoms with Crippen LogP contribution in [0.1, 0.15) is 68.2 Å². The summed E-state index contributed by atoms with van der Waals surface area (Å²) in [6.07, 6.45) is 7.70. The van der Waals surface area contributed by atoms with Gasteiger partial charge in [0, 0.05) is 6.04 Å². The minimum atomic E-state index is 0.297. The number of hydrogen-bond acceptors (Lipinski definition) is 2. The third-order valence-corrected chi connectivity index (χ3v) is 3.44. The van der Waals surface area contributed by atoms with Crippen molar-refractivity contribution in [1.82, 2.24) is 5.43 Å². The van der Waals surface area contributed by atoms with Crippen molar-refractivity contribution in [1.29, 1.82) is 0 Å². The topological polar surface area (TPSA) is 38.0 Å². The molecule has 0 amide bonds. The van der Waals surface area contributed by atoms with E-state index < -0.39 is 0 Å². The number of hydrazine groups is 1. The first-order valence-electron chi connectivity index (χ1n) is 7.21. The van der Waals surface area contributed by atoms with Crippen molar-refractivity contribution in [3.05, 3.63) is 34.9 Å². The lowest BCUT2D eigenvalue weighted by Gasteiger charge is -2.17. The minimum Gasteiger partial charge on any atom is -0.271 e. The van der Waals surface area contributed by atoms with Gasteiger partial charge in [-0.25, -0.2) is 0 Å². The van der Waals surface area contributed by atoms with Gasteiger partial charge in [0.05, 0.1) is 0 Å². The summed E-state index contributed by atoms with van der Waals surface area (Å²) in [4.78, 5) is 0. The predicted octanol–water partition coefficient (Wildman–Crippen LogP) is 4.17. The number of nitrogens with one attached hydrogen (secondary N) is 1. The summed E-state index contributed by atoms with van der Waals surface area (Å²) in [5.74, 6) is 5.70. The Labute approximate surface area is 112 Å². The summed E-state index contributed by atoms with van der Waals surface area (Å²) in [7, 11) is 0. The molecule has 0 bridgehead atoms. The highest BCUT2D eigenvalue weighted by Gasteiger charge is 2.09. The van der Waals surface area contributed by atoms with Gasteiger partial charge in [-0.1, -0.05) is 68.4 Å². The normalized spacial score (nSPS) is 12.7. The molecule has 3 N–H and O–H groups in total. The first kappa shape index (κ1) is 15.2. The van der Waals surface area contributed by atoms with Crippen LogP contribution in [0.5, 0.6) is 0 Å². The van der Waals surface area contributed by atoms with Crippen molar-refractivity contribution in [2.75, 3.05) is 0 Å². The van der Waals surface area contributed by atoms with Crippen molar-refractivity contribution in [3.8, 4) is 0 Å². The Hall–Kier alpha value is -0.860. The Kier molecular flexibility index (Phi) is 6.99. The van der Waals surface area contributed by atoms with Crippen molar-refractivity contribution in [3.63, 3.8) is 0 Å². The minimum absolute atomic E-state index is 0.297. The Morgan fingerprint density at radius 1 is 1.00 bits per heavy atom. The molecule has 0 saturated carbocycles. The molecular formula is C16H28N2. The van der Waals surface area contributed by atoms with Crippen molar-refractivity contribution >= 4 is 0 Å². The van der Waals surface area contributed by atoms with Crippen molar-refractivity contribution in [2.45, 2.75) is 65.3 Å². The Morgan fingerprint density at radius 2 is 1.61 bits per heavy atom. The van der Waals surface area contributed by atoms with Crippen LogP contribution in [0.3, 0.4) is 0 Å². The van der Waals surface area contributed by atoms with E-state index in [0.29, 0.717) is 6.04 Å². The van der Waals surface area contributed by atoms with Gasteiger partial charge >= 0.3 is 0 Å². The van der Waals surface area contributed by atoms with Crippen LogP contribution in [-0.2, 0) is 0 Å². The maximum atomic E-state index is 5.70. The molecule has 1 atom stereocenters. The van der Waals surface area contributed by atoms with E-state index in [9.17, 15) is 0 Å². The van der Waals surface area contributed by atoms with Crippen LogP contribution in [0.15, 0.2) is 18.2 Å². The van der Waals surface area contributed by atoms with Crippen LogP contribution in [-0.4, -0.2) is 0 Å². The molecule has 1 rings (SSSR count). The van der Waals surface area contributed by atoms with E-state index in [-0.39, 0.29) is 0 Å². The molecule has 18 heavy (non-hydrogen) atoms. The zero-order chi connectivity index (χ0) is 13.4. The lowest BCUT2D eigenvalue weighted by atomic mass is 9.97. The van der Waals surface area contributed by atoms with Gasteiger partial charge in [-0.15, -0.1) is 0 Å². The number of nitrogens with two attached hydrogens (primary N) is 1. The Bertz CT molecular complexity index is 327. The third kappa shape index (κ3) is 5.19. The van der Waals surface area contributed by atoms with Crippen LogP contribution < -0.4 is 11.3 Å². The fourth-order valence-corrected chi connectivity index (χ4v) is 2.51. The summed E-state index contributed by atoms with van der Waals surface area (Å²) in [5.41, 5.74) is 6.92. The van der Waals surface area contributed by atoms with E-state index in [1.807, 2.05) is 0 Å². The average Bonchev–Trinajstić information content (AvgIpc) is 2.32. The summed E-state index contributed by atoms with van der Waals surface area (Å²) < 4.78 is 0. The zero-order valence-corrected chi connectivity index (χ0v) is 12.1. The third-order valence-electron chi connectivity index (χ3n) is 3.44. The molecule has 102 valence electrons. The molecule has 0 heterocycles. The molecule has 0 aromatic heterocycles. The summed E-state index contributed by atoms with van der Waals surface area (Å²) >= 11 is 0. The molecule has 0 saturated heterocycles. The molecule has 1 unspecified atom stereocenters. The highest BCUT2D eigenvalue weighted by atomic mass is 15.2. The Balaban J connectivity index is 2.49. The van der Waals surface area contributed by atoms with Crippen LogP contribution in [0.4, 0.5) is 0 Å². The van der Waals surface area contributed by atoms with E-state index in [0.717, 1.165) is 6.42 Å². The van der Waals surface area contributed by atoms with Gasteiger partial charge < -0.3 is 0 Å². The second-order valence-electron chi connectivity index (χ2n) is 5.34. The van der Waals surface area contributed by atoms with Crippen molar-refractivity contribution < 1.29 is 0 Å². The van der Waals surface area contributed by atoms with Gasteiger partial charge in [0.25, 0.3) is 0 Å². The predicted molar refractivity (Wildman–Crippen MR) is 79.4 cm³/mol. The van der Waals surface area contributed by atoms with E-state index in [1.54, 1.807) is 0 Å². The number of unbranched alkanes of at least 4 members (excludes halogenated alkanes) is 4. The van der Waals surface area contributed by atoms with Gasteiger partial charge in [0.1, 0.15) is 0 Å². The second-order valence-corrected chi connectivity index (χ2v) is 5.34. The molecule has 0 radical (unpaired) electrons. The first-order valence-corrected chi connectivity index (χ1v) is 7.21. The Morgan fingerprint density at radius 3 is 2.17 bits per heavy atom. The van der Waals surface area contributed by atoms with Crippen LogP contribution >= 0.6 is 0 Å². The maximum absolute atomic E-state index is 5.70. The number of benzene rings is 1. The highest BCUT2D eigenvalue weighted by Crippen LogP contribution is 2.22. The van der Waals surface area contributed by atoms with Gasteiger partial charge in [-0.05, 0) is 25.8 Å². The first-order chi connectivity index (χ1) is 8.67. The van der Waals surface area contributed by atoms with Gasteiger partial charge in [-0.3, -0.25) is 11.3 Å². The monoisotopic (exact) mass is 248 g/mol. The summed E-state index contributed by atoms with van der Waals surface area (Å²) in [5, 5.41) is 0. The molecule has 0 aliphatic carbocycles. The lowest BCUT2D eigenvalue weighted by molar-refractivity contribution is 0.478. The SMILES string of the molecule is CCCCCCCC(NN)c1cc(C)cc(C)c1. The molecule has 0 aliphatic heterocycles. The number of hydrogen-bond donors (Lipinski definition) is 2. The fraction of sp³-hybridized carbons (Fsp3) is 0.625. The maximum Gasteiger partial charge on any atom is 0.0460 e. The molecule has 0 fully saturated rings. The van der Waals surface area contributed by atoms with Crippen LogP contribution in [0.25, 0.3) is 0 Å². The molecule has 2 nitrogen and oxygen atoms in total.